The number of hydrogen-bond donors (Lipinski definition) is 1. The summed E-state index contributed by atoms with van der Waals surface area (Å²) >= 11 is 6.78. The Morgan fingerprint density at radius 2 is 2.35 bits per heavy atom. The number of rotatable bonds is 3. The fraction of sp³-hybridized carbons (Fsp3) is 0.636. The highest BCUT2D eigenvalue weighted by Gasteiger charge is 2.29. The topological polar surface area (TPSA) is 51.6 Å². The molecule has 2 heterocycles. The van der Waals surface area contributed by atoms with Crippen molar-refractivity contribution in [2.75, 3.05) is 26.3 Å². The molecular formula is C11H16Br2N2O2. The zero-order valence-electron chi connectivity index (χ0n) is 9.66. The molecule has 0 aromatic carbocycles. The number of ether oxygens (including phenoxy) is 1. The third-order valence-electron chi connectivity index (χ3n) is 3.04. The van der Waals surface area contributed by atoms with Gasteiger partial charge in [-0.2, -0.15) is 0 Å². The Hall–Kier alpha value is 0.120. The molecule has 0 saturated carbocycles. The minimum atomic E-state index is 0.108. The van der Waals surface area contributed by atoms with Crippen molar-refractivity contribution in [1.29, 1.82) is 0 Å². The standard InChI is InChI=1S/C11H16Br2N2O2/c1-7-6-16-3-2-15(7)9(5-14)10-4-8(12)11(13)17-10/h4,7,9H,2-3,5-6,14H2,1H3. The lowest BCUT2D eigenvalue weighted by Crippen LogP contribution is -2.47. The van der Waals surface area contributed by atoms with E-state index in [1.54, 1.807) is 0 Å². The molecule has 1 aliphatic rings. The second-order valence-electron chi connectivity index (χ2n) is 4.18. The monoisotopic (exact) mass is 366 g/mol. The molecule has 2 atom stereocenters. The maximum Gasteiger partial charge on any atom is 0.183 e. The van der Waals surface area contributed by atoms with Gasteiger partial charge in [0.15, 0.2) is 4.67 Å². The number of nitrogens with zero attached hydrogens (tertiary/aromatic N) is 1. The van der Waals surface area contributed by atoms with Crippen molar-refractivity contribution in [2.45, 2.75) is 19.0 Å². The molecule has 1 aromatic heterocycles. The molecule has 2 N–H and O–H groups in total. The van der Waals surface area contributed by atoms with Crippen LogP contribution in [0.4, 0.5) is 0 Å². The molecule has 1 saturated heterocycles. The van der Waals surface area contributed by atoms with E-state index in [4.69, 9.17) is 14.9 Å². The number of hydrogen-bond acceptors (Lipinski definition) is 4. The molecule has 6 heteroatoms. The molecule has 1 aromatic rings. The van der Waals surface area contributed by atoms with Crippen LogP contribution < -0.4 is 5.73 Å². The molecule has 0 radical (unpaired) electrons. The molecule has 1 fully saturated rings. The van der Waals surface area contributed by atoms with Gasteiger partial charge < -0.3 is 14.9 Å². The number of halogens is 2. The van der Waals surface area contributed by atoms with Crippen molar-refractivity contribution in [3.8, 4) is 0 Å². The summed E-state index contributed by atoms with van der Waals surface area (Å²) in [5.41, 5.74) is 5.88. The van der Waals surface area contributed by atoms with Gasteiger partial charge in [-0.05, 0) is 44.8 Å². The van der Waals surface area contributed by atoms with Gasteiger partial charge in [0.25, 0.3) is 0 Å². The summed E-state index contributed by atoms with van der Waals surface area (Å²) in [6.45, 7) is 5.08. The van der Waals surface area contributed by atoms with E-state index in [9.17, 15) is 0 Å². The van der Waals surface area contributed by atoms with Crippen molar-refractivity contribution in [3.05, 3.63) is 21.0 Å². The van der Waals surface area contributed by atoms with Crippen LogP contribution in [-0.4, -0.2) is 37.2 Å². The summed E-state index contributed by atoms with van der Waals surface area (Å²) in [7, 11) is 0. The minimum absolute atomic E-state index is 0.108. The SMILES string of the molecule is CC1COCCN1C(CN)c1cc(Br)c(Br)o1. The average molecular weight is 368 g/mol. The zero-order valence-corrected chi connectivity index (χ0v) is 12.8. The first-order valence-corrected chi connectivity index (χ1v) is 7.20. The van der Waals surface area contributed by atoms with Gasteiger partial charge in [-0.1, -0.05) is 0 Å². The van der Waals surface area contributed by atoms with Crippen LogP contribution in [0.2, 0.25) is 0 Å². The Kier molecular flexibility index (Phi) is 4.65. The van der Waals surface area contributed by atoms with E-state index < -0.39 is 0 Å². The van der Waals surface area contributed by atoms with E-state index in [0.717, 1.165) is 30.0 Å². The van der Waals surface area contributed by atoms with E-state index in [0.29, 0.717) is 17.3 Å². The third kappa shape index (κ3) is 2.93. The van der Waals surface area contributed by atoms with Crippen LogP contribution in [0.3, 0.4) is 0 Å². The fourth-order valence-electron chi connectivity index (χ4n) is 2.15. The average Bonchev–Trinajstić information content (AvgIpc) is 2.63. The first-order valence-electron chi connectivity index (χ1n) is 5.61. The van der Waals surface area contributed by atoms with Gasteiger partial charge in [0.2, 0.25) is 0 Å². The highest BCUT2D eigenvalue weighted by molar-refractivity contribution is 9.13. The van der Waals surface area contributed by atoms with Crippen LogP contribution in [0.15, 0.2) is 19.6 Å². The Labute approximate surface area is 118 Å². The Balaban J connectivity index is 2.20. The van der Waals surface area contributed by atoms with E-state index in [1.807, 2.05) is 6.07 Å². The van der Waals surface area contributed by atoms with Gasteiger partial charge in [0.1, 0.15) is 5.76 Å². The lowest BCUT2D eigenvalue weighted by atomic mass is 10.1. The van der Waals surface area contributed by atoms with Crippen LogP contribution in [0.25, 0.3) is 0 Å². The summed E-state index contributed by atoms with van der Waals surface area (Å²) in [5, 5.41) is 0. The highest BCUT2D eigenvalue weighted by Crippen LogP contribution is 2.33. The first-order chi connectivity index (χ1) is 8.13. The summed E-state index contributed by atoms with van der Waals surface area (Å²) < 4.78 is 12.8. The van der Waals surface area contributed by atoms with Crippen molar-refractivity contribution in [1.82, 2.24) is 4.90 Å². The quantitative estimate of drug-likeness (QED) is 0.891. The van der Waals surface area contributed by atoms with Crippen molar-refractivity contribution in [3.63, 3.8) is 0 Å². The summed E-state index contributed by atoms with van der Waals surface area (Å²) in [4.78, 5) is 2.33. The number of furan rings is 1. The fourth-order valence-corrected chi connectivity index (χ4v) is 2.75. The highest BCUT2D eigenvalue weighted by atomic mass is 79.9. The second-order valence-corrected chi connectivity index (χ2v) is 5.76. The van der Waals surface area contributed by atoms with Gasteiger partial charge in [0, 0.05) is 19.1 Å². The van der Waals surface area contributed by atoms with Gasteiger partial charge in [-0.15, -0.1) is 0 Å². The summed E-state index contributed by atoms with van der Waals surface area (Å²) in [6.07, 6.45) is 0. The normalized spacial score (nSPS) is 23.9. The van der Waals surface area contributed by atoms with E-state index in [1.165, 1.54) is 0 Å². The van der Waals surface area contributed by atoms with Crippen LogP contribution in [0, 0.1) is 0 Å². The van der Waals surface area contributed by atoms with Crippen LogP contribution in [-0.2, 0) is 4.74 Å². The Morgan fingerprint density at radius 3 is 2.88 bits per heavy atom. The van der Waals surface area contributed by atoms with Crippen LogP contribution in [0.1, 0.15) is 18.7 Å². The van der Waals surface area contributed by atoms with Crippen molar-refractivity contribution >= 4 is 31.9 Å². The predicted octanol–water partition coefficient (Wildman–Crippen LogP) is 2.53. The molecule has 0 spiro atoms. The van der Waals surface area contributed by atoms with Crippen molar-refractivity contribution < 1.29 is 9.15 Å². The lowest BCUT2D eigenvalue weighted by molar-refractivity contribution is -0.0250. The van der Waals surface area contributed by atoms with Crippen molar-refractivity contribution in [2.24, 2.45) is 5.73 Å². The molecular weight excluding hydrogens is 352 g/mol. The first kappa shape index (κ1) is 13.5. The summed E-state index contributed by atoms with van der Waals surface area (Å²) in [5.74, 6) is 0.889. The Bertz CT molecular complexity index is 364. The number of morpholine rings is 1. The maximum absolute atomic E-state index is 5.88. The second kappa shape index (κ2) is 5.84. The molecule has 0 amide bonds. The zero-order chi connectivity index (χ0) is 12.4. The molecule has 0 aliphatic carbocycles. The van der Waals surface area contributed by atoms with Crippen LogP contribution in [0.5, 0.6) is 0 Å². The molecule has 17 heavy (non-hydrogen) atoms. The lowest BCUT2D eigenvalue weighted by Gasteiger charge is -2.37. The van der Waals surface area contributed by atoms with Gasteiger partial charge in [-0.3, -0.25) is 4.90 Å². The smallest absolute Gasteiger partial charge is 0.183 e. The van der Waals surface area contributed by atoms with E-state index in [2.05, 4.69) is 43.7 Å². The minimum Gasteiger partial charge on any atom is -0.451 e. The van der Waals surface area contributed by atoms with E-state index >= 15 is 0 Å². The molecule has 4 nitrogen and oxygen atoms in total. The molecule has 96 valence electrons. The Morgan fingerprint density at radius 1 is 1.59 bits per heavy atom. The number of nitrogens with two attached hydrogens (primary N) is 1. The molecule has 2 unspecified atom stereocenters. The van der Waals surface area contributed by atoms with Gasteiger partial charge in [0.05, 0.1) is 23.7 Å². The molecule has 2 rings (SSSR count). The third-order valence-corrected chi connectivity index (χ3v) is 4.75. The van der Waals surface area contributed by atoms with Gasteiger partial charge in [-0.25, -0.2) is 0 Å². The van der Waals surface area contributed by atoms with Gasteiger partial charge >= 0.3 is 0 Å². The van der Waals surface area contributed by atoms with E-state index in [-0.39, 0.29) is 6.04 Å². The molecule has 1 aliphatic heterocycles. The predicted molar refractivity (Wildman–Crippen MR) is 72.9 cm³/mol. The largest absolute Gasteiger partial charge is 0.451 e. The maximum atomic E-state index is 5.88. The summed E-state index contributed by atoms with van der Waals surface area (Å²) in [6, 6.07) is 2.44. The van der Waals surface area contributed by atoms with Crippen LogP contribution >= 0.6 is 31.9 Å². The molecule has 0 bridgehead atoms.